The fraction of sp³-hybridized carbons (Fsp3) is 0.556. The van der Waals surface area contributed by atoms with Gasteiger partial charge in [-0.1, -0.05) is 11.6 Å². The van der Waals surface area contributed by atoms with E-state index in [9.17, 15) is 0 Å². The van der Waals surface area contributed by atoms with Crippen LogP contribution in [0.3, 0.4) is 0 Å². The molecule has 0 amide bonds. The van der Waals surface area contributed by atoms with Gasteiger partial charge >= 0.3 is 0 Å². The fourth-order valence-electron chi connectivity index (χ4n) is 1.59. The Hall–Kier alpha value is -0.190. The first-order chi connectivity index (χ1) is 7.18. The van der Waals surface area contributed by atoms with Crippen LogP contribution in [0.15, 0.2) is 6.20 Å². The van der Waals surface area contributed by atoms with E-state index in [2.05, 4.69) is 14.9 Å². The van der Waals surface area contributed by atoms with Crippen molar-refractivity contribution in [3.8, 4) is 0 Å². The minimum Gasteiger partial charge on any atom is -0.354 e. The number of hydrogen-bond donors (Lipinski definition) is 0. The van der Waals surface area contributed by atoms with Gasteiger partial charge in [-0.05, 0) is 23.8 Å². The van der Waals surface area contributed by atoms with Crippen LogP contribution in [0.1, 0.15) is 6.42 Å². The summed E-state index contributed by atoms with van der Waals surface area (Å²) in [4.78, 5) is 10.1. The van der Waals surface area contributed by atoms with Crippen LogP contribution in [0.2, 0.25) is 10.3 Å². The summed E-state index contributed by atoms with van der Waals surface area (Å²) in [5.74, 6) is 3.05. The third-order valence-corrected chi connectivity index (χ3v) is 4.08. The third kappa shape index (κ3) is 2.49. The Balaban J connectivity index is 2.23. The molecule has 82 valence electrons. The van der Waals surface area contributed by atoms with Gasteiger partial charge in [0, 0.05) is 18.8 Å². The second-order valence-corrected chi connectivity index (χ2v) is 5.33. The number of rotatable bonds is 2. The molecule has 0 aromatic carbocycles. The summed E-state index contributed by atoms with van der Waals surface area (Å²) < 4.78 is 0. The molecule has 2 heterocycles. The summed E-state index contributed by atoms with van der Waals surface area (Å²) in [5, 5.41) is 0.797. The van der Waals surface area contributed by atoms with E-state index in [1.807, 2.05) is 18.8 Å². The van der Waals surface area contributed by atoms with E-state index in [1.54, 1.807) is 6.20 Å². The molecule has 2 rings (SSSR count). The molecule has 0 aliphatic carbocycles. The summed E-state index contributed by atoms with van der Waals surface area (Å²) in [7, 11) is 2.00. The average molecular weight is 264 g/mol. The molecule has 1 unspecified atom stereocenters. The van der Waals surface area contributed by atoms with E-state index >= 15 is 0 Å². The predicted molar refractivity (Wildman–Crippen MR) is 66.2 cm³/mol. The molecule has 6 heteroatoms. The maximum atomic E-state index is 6.04. The zero-order valence-electron chi connectivity index (χ0n) is 8.28. The number of thioether (sulfide) groups is 1. The van der Waals surface area contributed by atoms with E-state index in [0.29, 0.717) is 11.1 Å². The van der Waals surface area contributed by atoms with Crippen molar-refractivity contribution >= 4 is 40.8 Å². The standard InChI is InChI=1S/C9H11Cl2N3S/c1-14(6-2-3-15-5-6)8-7(10)4-12-9(11)13-8/h4,6H,2-3,5H2,1H3. The summed E-state index contributed by atoms with van der Waals surface area (Å²) in [6, 6.07) is 0.499. The van der Waals surface area contributed by atoms with Gasteiger partial charge in [0.25, 0.3) is 0 Å². The second kappa shape index (κ2) is 4.76. The predicted octanol–water partition coefficient (Wildman–Crippen LogP) is 2.73. The summed E-state index contributed by atoms with van der Waals surface area (Å²) in [6.07, 6.45) is 2.71. The van der Waals surface area contributed by atoms with Crippen molar-refractivity contribution in [1.29, 1.82) is 0 Å². The first-order valence-corrected chi connectivity index (χ1v) is 6.58. The van der Waals surface area contributed by atoms with Gasteiger partial charge in [-0.3, -0.25) is 0 Å². The Bertz CT molecular complexity index is 355. The van der Waals surface area contributed by atoms with Crippen LogP contribution in [-0.4, -0.2) is 34.6 Å². The SMILES string of the molecule is CN(c1nc(Cl)ncc1Cl)C1CCSC1. The molecule has 1 atom stereocenters. The lowest BCUT2D eigenvalue weighted by Gasteiger charge is -2.25. The summed E-state index contributed by atoms with van der Waals surface area (Å²) >= 11 is 13.7. The highest BCUT2D eigenvalue weighted by atomic mass is 35.5. The molecule has 0 radical (unpaired) electrons. The largest absolute Gasteiger partial charge is 0.354 e. The third-order valence-electron chi connectivity index (χ3n) is 2.48. The molecular formula is C9H11Cl2N3S. The van der Waals surface area contributed by atoms with Crippen molar-refractivity contribution in [3.63, 3.8) is 0 Å². The molecule has 1 aromatic heterocycles. The van der Waals surface area contributed by atoms with Gasteiger partial charge in [0.05, 0.1) is 6.20 Å². The van der Waals surface area contributed by atoms with Crippen LogP contribution in [0.5, 0.6) is 0 Å². The number of hydrogen-bond acceptors (Lipinski definition) is 4. The van der Waals surface area contributed by atoms with E-state index in [0.717, 1.165) is 11.6 Å². The van der Waals surface area contributed by atoms with E-state index in [1.165, 1.54) is 12.2 Å². The number of aromatic nitrogens is 2. The Morgan fingerprint density at radius 3 is 3.00 bits per heavy atom. The minimum absolute atomic E-state index is 0.243. The molecule has 1 aromatic rings. The maximum Gasteiger partial charge on any atom is 0.224 e. The van der Waals surface area contributed by atoms with Crippen molar-refractivity contribution in [2.24, 2.45) is 0 Å². The molecule has 0 N–H and O–H groups in total. The lowest BCUT2D eigenvalue weighted by atomic mass is 10.2. The zero-order valence-corrected chi connectivity index (χ0v) is 10.6. The van der Waals surface area contributed by atoms with Gasteiger partial charge in [0.2, 0.25) is 5.28 Å². The lowest BCUT2D eigenvalue weighted by molar-refractivity contribution is 0.691. The van der Waals surface area contributed by atoms with Crippen molar-refractivity contribution in [2.75, 3.05) is 23.5 Å². The van der Waals surface area contributed by atoms with Gasteiger partial charge in [0.1, 0.15) is 5.02 Å². The first kappa shape index (κ1) is 11.3. The number of halogens is 2. The van der Waals surface area contributed by atoms with Crippen molar-refractivity contribution < 1.29 is 0 Å². The first-order valence-electron chi connectivity index (χ1n) is 4.67. The van der Waals surface area contributed by atoms with Crippen molar-refractivity contribution in [3.05, 3.63) is 16.5 Å². The Morgan fingerprint density at radius 1 is 1.53 bits per heavy atom. The maximum absolute atomic E-state index is 6.04. The van der Waals surface area contributed by atoms with Crippen molar-refractivity contribution in [2.45, 2.75) is 12.5 Å². The molecule has 1 aliphatic rings. The molecule has 0 spiro atoms. The van der Waals surface area contributed by atoms with Crippen LogP contribution in [0, 0.1) is 0 Å². The Kier molecular flexibility index (Phi) is 3.59. The van der Waals surface area contributed by atoms with Gasteiger partial charge in [-0.15, -0.1) is 0 Å². The number of nitrogens with zero attached hydrogens (tertiary/aromatic N) is 3. The average Bonchev–Trinajstić information content (AvgIpc) is 2.74. The van der Waals surface area contributed by atoms with Gasteiger partial charge in [0.15, 0.2) is 5.82 Å². The molecule has 0 bridgehead atoms. The van der Waals surface area contributed by atoms with E-state index < -0.39 is 0 Å². The molecule has 1 aliphatic heterocycles. The zero-order chi connectivity index (χ0) is 10.8. The Labute approximate surface area is 103 Å². The normalized spacial score (nSPS) is 20.6. The molecule has 1 fully saturated rings. The highest BCUT2D eigenvalue weighted by molar-refractivity contribution is 7.99. The van der Waals surface area contributed by atoms with Crippen molar-refractivity contribution in [1.82, 2.24) is 9.97 Å². The highest BCUT2D eigenvalue weighted by Crippen LogP contribution is 2.29. The van der Waals surface area contributed by atoms with Gasteiger partial charge in [-0.2, -0.15) is 16.7 Å². The smallest absolute Gasteiger partial charge is 0.224 e. The monoisotopic (exact) mass is 263 g/mol. The summed E-state index contributed by atoms with van der Waals surface area (Å²) in [5.41, 5.74) is 0. The van der Waals surface area contributed by atoms with Crippen LogP contribution in [0.4, 0.5) is 5.82 Å². The highest BCUT2D eigenvalue weighted by Gasteiger charge is 2.22. The molecular weight excluding hydrogens is 253 g/mol. The lowest BCUT2D eigenvalue weighted by Crippen LogP contribution is -2.32. The van der Waals surface area contributed by atoms with Gasteiger partial charge in [-0.25, -0.2) is 4.98 Å². The number of anilines is 1. The quantitative estimate of drug-likeness (QED) is 0.768. The fourth-order valence-corrected chi connectivity index (χ4v) is 3.21. The van der Waals surface area contributed by atoms with E-state index in [-0.39, 0.29) is 5.28 Å². The van der Waals surface area contributed by atoms with Gasteiger partial charge < -0.3 is 4.90 Å². The second-order valence-electron chi connectivity index (χ2n) is 3.44. The molecule has 15 heavy (non-hydrogen) atoms. The topological polar surface area (TPSA) is 29.0 Å². The molecule has 1 saturated heterocycles. The minimum atomic E-state index is 0.243. The van der Waals surface area contributed by atoms with E-state index in [4.69, 9.17) is 23.2 Å². The van der Waals surface area contributed by atoms with Crippen LogP contribution >= 0.6 is 35.0 Å². The molecule has 0 saturated carbocycles. The summed E-state index contributed by atoms with van der Waals surface area (Å²) in [6.45, 7) is 0. The van der Waals surface area contributed by atoms with Crippen LogP contribution in [0.25, 0.3) is 0 Å². The van der Waals surface area contributed by atoms with Crippen LogP contribution in [-0.2, 0) is 0 Å². The molecule has 3 nitrogen and oxygen atoms in total. The van der Waals surface area contributed by atoms with Crippen LogP contribution < -0.4 is 4.90 Å². The Morgan fingerprint density at radius 2 is 2.33 bits per heavy atom.